The number of alkyl halides is 3. The monoisotopic (exact) mass is 416 g/mol. The molecule has 1 N–H and O–H groups in total. The van der Waals surface area contributed by atoms with Crippen LogP contribution in [-0.4, -0.2) is 5.91 Å². The number of amides is 1. The normalized spacial score (nSPS) is 11.8. The third-order valence-corrected chi connectivity index (χ3v) is 4.21. The first-order valence-electron chi connectivity index (χ1n) is 8.23. The minimum absolute atomic E-state index is 0.0898. The molecule has 3 rings (SSSR count). The quantitative estimate of drug-likeness (QED) is 0.409. The molecule has 2 aromatic carbocycles. The highest BCUT2D eigenvalue weighted by molar-refractivity contribution is 6.34. The van der Waals surface area contributed by atoms with Crippen molar-refractivity contribution in [2.24, 2.45) is 0 Å². The number of rotatable bonds is 4. The van der Waals surface area contributed by atoms with Crippen molar-refractivity contribution in [2.75, 3.05) is 5.32 Å². The molecule has 1 heterocycles. The number of benzene rings is 2. The minimum Gasteiger partial charge on any atom is -0.457 e. The minimum atomic E-state index is -4.60. The molecular weight excluding hydrogens is 405 g/mol. The number of carbonyl (C=O) groups is 1. The number of nitrogens with zero attached hydrogens (tertiary/aromatic N) is 1. The highest BCUT2D eigenvalue weighted by atomic mass is 35.5. The fourth-order valence-corrected chi connectivity index (χ4v) is 2.63. The molecule has 0 atom stereocenters. The molecular formula is C21H12ClF3N2O2. The highest BCUT2D eigenvalue weighted by Crippen LogP contribution is 2.34. The van der Waals surface area contributed by atoms with E-state index in [1.54, 1.807) is 18.2 Å². The van der Waals surface area contributed by atoms with E-state index in [2.05, 4.69) is 5.32 Å². The number of nitriles is 1. The Hall–Kier alpha value is -3.50. The van der Waals surface area contributed by atoms with Crippen molar-refractivity contribution in [1.29, 1.82) is 5.26 Å². The second kappa shape index (κ2) is 8.25. The van der Waals surface area contributed by atoms with Gasteiger partial charge >= 0.3 is 6.18 Å². The van der Waals surface area contributed by atoms with Crippen molar-refractivity contribution in [3.05, 3.63) is 82.6 Å². The largest absolute Gasteiger partial charge is 0.457 e. The average molecular weight is 417 g/mol. The second-order valence-electron chi connectivity index (χ2n) is 5.88. The van der Waals surface area contributed by atoms with Gasteiger partial charge in [0.25, 0.3) is 5.91 Å². The molecule has 3 aromatic rings. The lowest BCUT2D eigenvalue weighted by Crippen LogP contribution is -2.15. The Labute approximate surface area is 168 Å². The van der Waals surface area contributed by atoms with Gasteiger partial charge in [-0.25, -0.2) is 0 Å². The van der Waals surface area contributed by atoms with Crippen LogP contribution in [-0.2, 0) is 11.0 Å². The number of furan rings is 1. The summed E-state index contributed by atoms with van der Waals surface area (Å²) in [6.45, 7) is 0. The molecule has 0 saturated carbocycles. The van der Waals surface area contributed by atoms with Crippen molar-refractivity contribution >= 4 is 29.3 Å². The third kappa shape index (κ3) is 4.86. The number of nitrogens with one attached hydrogen (secondary N) is 1. The average Bonchev–Trinajstić information content (AvgIpc) is 3.16. The fraction of sp³-hybridized carbons (Fsp3) is 0.0476. The van der Waals surface area contributed by atoms with Crippen LogP contribution in [0.25, 0.3) is 17.4 Å². The summed E-state index contributed by atoms with van der Waals surface area (Å²) in [5, 5.41) is 11.4. The Bertz CT molecular complexity index is 1110. The fourth-order valence-electron chi connectivity index (χ4n) is 2.47. The van der Waals surface area contributed by atoms with E-state index in [0.29, 0.717) is 11.8 Å². The highest BCUT2D eigenvalue weighted by Gasteiger charge is 2.31. The molecule has 0 unspecified atom stereocenters. The molecule has 146 valence electrons. The molecule has 0 aliphatic carbocycles. The van der Waals surface area contributed by atoms with Crippen LogP contribution in [0.3, 0.4) is 0 Å². The zero-order valence-corrected chi connectivity index (χ0v) is 15.4. The summed E-state index contributed by atoms with van der Waals surface area (Å²) in [5.74, 6) is -0.132. The maximum absolute atomic E-state index is 12.9. The Morgan fingerprint density at radius 2 is 1.83 bits per heavy atom. The first-order chi connectivity index (χ1) is 13.8. The zero-order chi connectivity index (χ0) is 21.0. The van der Waals surface area contributed by atoms with E-state index in [0.717, 1.165) is 17.7 Å². The van der Waals surface area contributed by atoms with Crippen LogP contribution >= 0.6 is 11.6 Å². The van der Waals surface area contributed by atoms with Crippen molar-refractivity contribution in [3.8, 4) is 17.4 Å². The number of anilines is 1. The zero-order valence-electron chi connectivity index (χ0n) is 14.6. The molecule has 0 aliphatic rings. The maximum atomic E-state index is 12.9. The predicted molar refractivity (Wildman–Crippen MR) is 103 cm³/mol. The first kappa shape index (κ1) is 20.2. The molecule has 0 spiro atoms. The van der Waals surface area contributed by atoms with Crippen molar-refractivity contribution in [2.45, 2.75) is 6.18 Å². The summed E-state index contributed by atoms with van der Waals surface area (Å²) in [4.78, 5) is 12.4. The molecule has 0 aliphatic heterocycles. The smallest absolute Gasteiger partial charge is 0.416 e. The maximum Gasteiger partial charge on any atom is 0.416 e. The Morgan fingerprint density at radius 1 is 1.10 bits per heavy atom. The van der Waals surface area contributed by atoms with Gasteiger partial charge in [0.05, 0.1) is 16.3 Å². The van der Waals surface area contributed by atoms with Gasteiger partial charge in [0.2, 0.25) is 0 Å². The van der Waals surface area contributed by atoms with Crippen LogP contribution < -0.4 is 5.32 Å². The summed E-state index contributed by atoms with van der Waals surface area (Å²) in [5.41, 5.74) is -0.770. The summed E-state index contributed by atoms with van der Waals surface area (Å²) in [6, 6.07) is 16.7. The van der Waals surface area contributed by atoms with Gasteiger partial charge in [-0.15, -0.1) is 0 Å². The molecule has 29 heavy (non-hydrogen) atoms. The van der Waals surface area contributed by atoms with Crippen LogP contribution in [0.2, 0.25) is 5.02 Å². The molecule has 0 radical (unpaired) electrons. The van der Waals surface area contributed by atoms with Gasteiger partial charge in [0.1, 0.15) is 23.2 Å². The summed E-state index contributed by atoms with van der Waals surface area (Å²) < 4.78 is 44.2. The van der Waals surface area contributed by atoms with Gasteiger partial charge in [0.15, 0.2) is 0 Å². The van der Waals surface area contributed by atoms with Crippen LogP contribution in [0.1, 0.15) is 11.3 Å². The van der Waals surface area contributed by atoms with Crippen LogP contribution in [0.4, 0.5) is 18.9 Å². The van der Waals surface area contributed by atoms with Gasteiger partial charge in [-0.05, 0) is 30.3 Å². The lowest BCUT2D eigenvalue weighted by molar-refractivity contribution is -0.137. The van der Waals surface area contributed by atoms with Gasteiger partial charge in [0, 0.05) is 11.6 Å². The standard InChI is InChI=1S/C21H12ClF3N2O2/c22-17-8-6-15(21(23,24)25)11-18(17)27-20(28)14(12-26)10-16-7-9-19(29-16)13-4-2-1-3-5-13/h1-11H,(H,27,28)/b14-10+. The molecule has 0 bridgehead atoms. The van der Waals surface area contributed by atoms with Crippen molar-refractivity contribution < 1.29 is 22.4 Å². The van der Waals surface area contributed by atoms with Crippen LogP contribution in [0.15, 0.2) is 70.7 Å². The molecule has 0 saturated heterocycles. The van der Waals surface area contributed by atoms with Gasteiger partial charge in [-0.2, -0.15) is 18.4 Å². The van der Waals surface area contributed by atoms with E-state index in [-0.39, 0.29) is 22.0 Å². The van der Waals surface area contributed by atoms with E-state index in [9.17, 15) is 23.2 Å². The molecule has 8 heteroatoms. The lowest BCUT2D eigenvalue weighted by Gasteiger charge is -2.11. The Morgan fingerprint density at radius 3 is 2.48 bits per heavy atom. The Balaban J connectivity index is 1.83. The van der Waals surface area contributed by atoms with Crippen LogP contribution in [0.5, 0.6) is 0 Å². The van der Waals surface area contributed by atoms with E-state index < -0.39 is 17.6 Å². The molecule has 1 aromatic heterocycles. The number of hydrogen-bond acceptors (Lipinski definition) is 3. The third-order valence-electron chi connectivity index (χ3n) is 3.88. The summed E-state index contributed by atoms with van der Waals surface area (Å²) >= 11 is 5.87. The van der Waals surface area contributed by atoms with E-state index >= 15 is 0 Å². The number of halogens is 4. The molecule has 1 amide bonds. The predicted octanol–water partition coefficient (Wildman–Crippen LogP) is 6.16. The topological polar surface area (TPSA) is 66.0 Å². The second-order valence-corrected chi connectivity index (χ2v) is 6.29. The van der Waals surface area contributed by atoms with E-state index in [1.165, 1.54) is 6.08 Å². The van der Waals surface area contributed by atoms with Gasteiger partial charge in [-0.1, -0.05) is 41.9 Å². The summed E-state index contributed by atoms with van der Waals surface area (Å²) in [7, 11) is 0. The van der Waals surface area contributed by atoms with Crippen molar-refractivity contribution in [1.82, 2.24) is 0 Å². The molecule has 4 nitrogen and oxygen atoms in total. The number of carbonyl (C=O) groups excluding carboxylic acids is 1. The van der Waals surface area contributed by atoms with E-state index in [4.69, 9.17) is 16.0 Å². The summed E-state index contributed by atoms with van der Waals surface area (Å²) in [6.07, 6.45) is -3.40. The first-order valence-corrected chi connectivity index (χ1v) is 8.61. The van der Waals surface area contributed by atoms with Gasteiger partial charge in [-0.3, -0.25) is 4.79 Å². The van der Waals surface area contributed by atoms with Gasteiger partial charge < -0.3 is 9.73 Å². The van der Waals surface area contributed by atoms with Crippen molar-refractivity contribution in [3.63, 3.8) is 0 Å². The molecule has 0 fully saturated rings. The lowest BCUT2D eigenvalue weighted by atomic mass is 10.1. The SMILES string of the molecule is N#C/C(=C\c1ccc(-c2ccccc2)o1)C(=O)Nc1cc(C(F)(F)F)ccc1Cl. The Kier molecular flexibility index (Phi) is 5.76. The van der Waals surface area contributed by atoms with E-state index in [1.807, 2.05) is 30.3 Å². The van der Waals surface area contributed by atoms with Crippen LogP contribution in [0, 0.1) is 11.3 Å². The number of hydrogen-bond donors (Lipinski definition) is 1.